The molecule has 0 aromatic heterocycles. The standard InChI is InChI=1S/C16H12BrCl2NO/c17-10-2-4-13(14(19)8-10)16(21)20-15-6-1-9-7-11(18)3-5-12(9)15/h2-5,7-8,15H,1,6H2,(H,20,21). The van der Waals surface area contributed by atoms with Crippen molar-refractivity contribution in [2.45, 2.75) is 18.9 Å². The van der Waals surface area contributed by atoms with E-state index < -0.39 is 0 Å². The van der Waals surface area contributed by atoms with E-state index in [9.17, 15) is 4.79 Å². The highest BCUT2D eigenvalue weighted by molar-refractivity contribution is 9.10. The molecule has 0 bridgehead atoms. The zero-order valence-electron chi connectivity index (χ0n) is 11.0. The first-order valence-corrected chi connectivity index (χ1v) is 8.14. The molecule has 1 atom stereocenters. The smallest absolute Gasteiger partial charge is 0.253 e. The van der Waals surface area contributed by atoms with Gasteiger partial charge in [0.1, 0.15) is 0 Å². The Morgan fingerprint density at radius 1 is 1.19 bits per heavy atom. The summed E-state index contributed by atoms with van der Waals surface area (Å²) in [4.78, 5) is 12.4. The minimum absolute atomic E-state index is 0.0180. The van der Waals surface area contributed by atoms with E-state index in [1.807, 2.05) is 24.3 Å². The van der Waals surface area contributed by atoms with E-state index in [2.05, 4.69) is 21.2 Å². The number of nitrogens with one attached hydrogen (secondary N) is 1. The molecule has 21 heavy (non-hydrogen) atoms. The lowest BCUT2D eigenvalue weighted by Gasteiger charge is -2.15. The Morgan fingerprint density at radius 3 is 2.76 bits per heavy atom. The first-order valence-electron chi connectivity index (χ1n) is 6.59. The van der Waals surface area contributed by atoms with Gasteiger partial charge in [-0.25, -0.2) is 0 Å². The summed E-state index contributed by atoms with van der Waals surface area (Å²) in [6.07, 6.45) is 1.81. The maximum atomic E-state index is 12.4. The van der Waals surface area contributed by atoms with Crippen LogP contribution in [0.2, 0.25) is 10.0 Å². The van der Waals surface area contributed by atoms with Gasteiger partial charge in [0.05, 0.1) is 16.6 Å². The van der Waals surface area contributed by atoms with Gasteiger partial charge in [0.25, 0.3) is 5.91 Å². The van der Waals surface area contributed by atoms with Crippen LogP contribution in [0.3, 0.4) is 0 Å². The molecule has 0 aliphatic heterocycles. The normalized spacial score (nSPS) is 16.6. The fourth-order valence-corrected chi connectivity index (χ4v) is 3.60. The number of carbonyl (C=O) groups excluding carboxylic acids is 1. The molecule has 2 nitrogen and oxygen atoms in total. The zero-order chi connectivity index (χ0) is 15.0. The van der Waals surface area contributed by atoms with Crippen LogP contribution in [-0.4, -0.2) is 5.91 Å². The van der Waals surface area contributed by atoms with Crippen LogP contribution in [0.15, 0.2) is 40.9 Å². The lowest BCUT2D eigenvalue weighted by Crippen LogP contribution is -2.27. The molecular formula is C16H12BrCl2NO. The zero-order valence-corrected chi connectivity index (χ0v) is 14.1. The summed E-state index contributed by atoms with van der Waals surface area (Å²) < 4.78 is 0.852. The van der Waals surface area contributed by atoms with E-state index in [1.165, 1.54) is 5.56 Å². The second-order valence-electron chi connectivity index (χ2n) is 5.03. The van der Waals surface area contributed by atoms with E-state index >= 15 is 0 Å². The fourth-order valence-electron chi connectivity index (χ4n) is 2.65. The average molecular weight is 385 g/mol. The van der Waals surface area contributed by atoms with Crippen molar-refractivity contribution in [3.63, 3.8) is 0 Å². The number of fused-ring (bicyclic) bond motifs is 1. The molecule has 0 saturated carbocycles. The Morgan fingerprint density at radius 2 is 2.00 bits per heavy atom. The Bertz CT molecular complexity index is 717. The SMILES string of the molecule is O=C(NC1CCc2cc(Cl)ccc21)c1ccc(Br)cc1Cl. The van der Waals surface area contributed by atoms with Gasteiger partial charge in [-0.15, -0.1) is 0 Å². The predicted molar refractivity (Wildman–Crippen MR) is 89.1 cm³/mol. The maximum Gasteiger partial charge on any atom is 0.253 e. The molecule has 2 aromatic carbocycles. The second-order valence-corrected chi connectivity index (χ2v) is 6.79. The molecule has 1 amide bonds. The molecule has 1 aliphatic rings. The molecule has 1 aliphatic carbocycles. The Hall–Kier alpha value is -1.03. The van der Waals surface area contributed by atoms with Crippen LogP contribution >= 0.6 is 39.1 Å². The van der Waals surface area contributed by atoms with Gasteiger partial charge in [0.2, 0.25) is 0 Å². The summed E-state index contributed by atoms with van der Waals surface area (Å²) >= 11 is 15.5. The van der Waals surface area contributed by atoms with Crippen LogP contribution in [0.5, 0.6) is 0 Å². The highest BCUT2D eigenvalue weighted by Crippen LogP contribution is 2.33. The molecule has 1 N–H and O–H groups in total. The molecule has 0 fully saturated rings. The molecule has 0 heterocycles. The third kappa shape index (κ3) is 3.10. The number of carbonyl (C=O) groups is 1. The van der Waals surface area contributed by atoms with Crippen molar-refractivity contribution in [3.05, 3.63) is 67.6 Å². The number of aryl methyl sites for hydroxylation is 1. The van der Waals surface area contributed by atoms with Gasteiger partial charge in [-0.1, -0.05) is 45.2 Å². The van der Waals surface area contributed by atoms with Crippen molar-refractivity contribution in [2.75, 3.05) is 0 Å². The number of rotatable bonds is 2. The largest absolute Gasteiger partial charge is 0.345 e. The lowest BCUT2D eigenvalue weighted by atomic mass is 10.1. The summed E-state index contributed by atoms with van der Waals surface area (Å²) in [6, 6.07) is 11.1. The number of hydrogen-bond donors (Lipinski definition) is 1. The van der Waals surface area contributed by atoms with Crippen molar-refractivity contribution < 1.29 is 4.79 Å². The third-order valence-electron chi connectivity index (χ3n) is 3.66. The summed E-state index contributed by atoms with van der Waals surface area (Å²) in [7, 11) is 0. The van der Waals surface area contributed by atoms with E-state index in [-0.39, 0.29) is 11.9 Å². The van der Waals surface area contributed by atoms with Crippen molar-refractivity contribution in [1.29, 1.82) is 0 Å². The summed E-state index contributed by atoms with van der Waals surface area (Å²) in [5, 5.41) is 4.22. The van der Waals surface area contributed by atoms with Crippen molar-refractivity contribution >= 4 is 45.0 Å². The van der Waals surface area contributed by atoms with Gasteiger partial charge in [-0.2, -0.15) is 0 Å². The first kappa shape index (κ1) is 14.9. The van der Waals surface area contributed by atoms with Crippen LogP contribution in [0.25, 0.3) is 0 Å². The van der Waals surface area contributed by atoms with Gasteiger partial charge in [0.15, 0.2) is 0 Å². The number of hydrogen-bond acceptors (Lipinski definition) is 1. The molecule has 108 valence electrons. The Labute approximate surface area is 141 Å². The quantitative estimate of drug-likeness (QED) is 0.759. The summed E-state index contributed by atoms with van der Waals surface area (Å²) in [5.41, 5.74) is 2.83. The van der Waals surface area contributed by atoms with Crippen LogP contribution in [0, 0.1) is 0 Å². The molecule has 0 spiro atoms. The summed E-state index contributed by atoms with van der Waals surface area (Å²) in [5.74, 6) is -0.152. The molecule has 0 radical (unpaired) electrons. The van der Waals surface area contributed by atoms with Crippen molar-refractivity contribution in [1.82, 2.24) is 5.32 Å². The molecule has 2 aromatic rings. The van der Waals surface area contributed by atoms with Gasteiger partial charge >= 0.3 is 0 Å². The molecule has 3 rings (SSSR count). The van der Waals surface area contributed by atoms with Gasteiger partial charge < -0.3 is 5.32 Å². The molecule has 0 saturated heterocycles. The molecular weight excluding hydrogens is 373 g/mol. The first-order chi connectivity index (χ1) is 10.0. The third-order valence-corrected chi connectivity index (χ3v) is 4.70. The van der Waals surface area contributed by atoms with Gasteiger partial charge in [0, 0.05) is 9.50 Å². The number of amides is 1. The van der Waals surface area contributed by atoms with E-state index in [0.29, 0.717) is 10.6 Å². The maximum absolute atomic E-state index is 12.4. The highest BCUT2D eigenvalue weighted by Gasteiger charge is 2.25. The van der Waals surface area contributed by atoms with Gasteiger partial charge in [-0.3, -0.25) is 4.79 Å². The predicted octanol–water partition coefficient (Wildman–Crippen LogP) is 5.17. The second kappa shape index (κ2) is 5.99. The summed E-state index contributed by atoms with van der Waals surface area (Å²) in [6.45, 7) is 0. The van der Waals surface area contributed by atoms with E-state index in [0.717, 1.165) is 27.9 Å². The van der Waals surface area contributed by atoms with E-state index in [1.54, 1.807) is 12.1 Å². The number of benzene rings is 2. The van der Waals surface area contributed by atoms with Crippen LogP contribution in [0.4, 0.5) is 0 Å². The lowest BCUT2D eigenvalue weighted by molar-refractivity contribution is 0.0937. The minimum atomic E-state index is -0.152. The Balaban J connectivity index is 1.81. The van der Waals surface area contributed by atoms with Crippen LogP contribution in [0.1, 0.15) is 33.9 Å². The highest BCUT2D eigenvalue weighted by atomic mass is 79.9. The van der Waals surface area contributed by atoms with E-state index in [4.69, 9.17) is 23.2 Å². The van der Waals surface area contributed by atoms with Crippen LogP contribution in [-0.2, 0) is 6.42 Å². The Kier molecular flexibility index (Phi) is 4.25. The number of halogens is 3. The molecule has 5 heteroatoms. The fraction of sp³-hybridized carbons (Fsp3) is 0.188. The topological polar surface area (TPSA) is 29.1 Å². The molecule has 1 unspecified atom stereocenters. The minimum Gasteiger partial charge on any atom is -0.345 e. The van der Waals surface area contributed by atoms with Crippen molar-refractivity contribution in [2.24, 2.45) is 0 Å². The average Bonchev–Trinajstić information content (AvgIpc) is 2.80. The van der Waals surface area contributed by atoms with Crippen molar-refractivity contribution in [3.8, 4) is 0 Å². The van der Waals surface area contributed by atoms with Crippen LogP contribution < -0.4 is 5.32 Å². The monoisotopic (exact) mass is 383 g/mol. The van der Waals surface area contributed by atoms with Gasteiger partial charge in [-0.05, 0) is 54.3 Å².